The summed E-state index contributed by atoms with van der Waals surface area (Å²) in [5.74, 6) is -0.155. The lowest BCUT2D eigenvalue weighted by Crippen LogP contribution is -2.03. The molecule has 3 aromatic heterocycles. The predicted molar refractivity (Wildman–Crippen MR) is 114 cm³/mol. The zero-order valence-corrected chi connectivity index (χ0v) is 16.0. The number of pyridine rings is 1. The normalized spacial score (nSPS) is 11.3. The van der Waals surface area contributed by atoms with Crippen LogP contribution < -0.4 is 5.73 Å². The Hall–Kier alpha value is -4.13. The highest BCUT2D eigenvalue weighted by molar-refractivity contribution is 5.91. The standard InChI is InChI=1S/C23H16FN5O/c1-13-8-9-26-19-7-4-15(10-18(13)19)21-20(14-2-5-16(24)6-3-14)28-22(25)23-27-17(12-30)11-29(21)23/h2-12H,1H3,(H2,25,28). The first-order valence-electron chi connectivity index (χ1n) is 9.30. The Balaban J connectivity index is 1.89. The van der Waals surface area contributed by atoms with Gasteiger partial charge in [0.1, 0.15) is 11.5 Å². The first-order chi connectivity index (χ1) is 14.5. The van der Waals surface area contributed by atoms with Crippen molar-refractivity contribution in [2.45, 2.75) is 6.92 Å². The largest absolute Gasteiger partial charge is 0.381 e. The quantitative estimate of drug-likeness (QED) is 0.455. The zero-order valence-electron chi connectivity index (χ0n) is 16.0. The number of benzene rings is 2. The second kappa shape index (κ2) is 6.73. The van der Waals surface area contributed by atoms with Gasteiger partial charge in [-0.2, -0.15) is 0 Å². The molecule has 5 rings (SSSR count). The fourth-order valence-corrected chi connectivity index (χ4v) is 3.66. The van der Waals surface area contributed by atoms with Crippen molar-refractivity contribution in [1.29, 1.82) is 0 Å². The van der Waals surface area contributed by atoms with Gasteiger partial charge in [0.25, 0.3) is 0 Å². The van der Waals surface area contributed by atoms with E-state index in [2.05, 4.69) is 15.0 Å². The van der Waals surface area contributed by atoms with Crippen molar-refractivity contribution >= 4 is 28.7 Å². The maximum absolute atomic E-state index is 13.5. The molecule has 30 heavy (non-hydrogen) atoms. The van der Waals surface area contributed by atoms with Crippen LogP contribution in [0.3, 0.4) is 0 Å². The number of aldehydes is 1. The van der Waals surface area contributed by atoms with E-state index in [0.717, 1.165) is 22.0 Å². The van der Waals surface area contributed by atoms with Crippen molar-refractivity contribution in [2.75, 3.05) is 5.73 Å². The molecule has 146 valence electrons. The first-order valence-corrected chi connectivity index (χ1v) is 9.30. The molecule has 6 nitrogen and oxygen atoms in total. The van der Waals surface area contributed by atoms with Crippen molar-refractivity contribution in [1.82, 2.24) is 19.4 Å². The molecule has 0 saturated heterocycles. The Morgan fingerprint density at radius 3 is 2.57 bits per heavy atom. The highest BCUT2D eigenvalue weighted by Gasteiger charge is 2.19. The van der Waals surface area contributed by atoms with E-state index in [1.807, 2.05) is 31.2 Å². The molecule has 0 fully saturated rings. The number of nitrogens with zero attached hydrogens (tertiary/aromatic N) is 4. The van der Waals surface area contributed by atoms with Crippen molar-refractivity contribution in [3.63, 3.8) is 0 Å². The van der Waals surface area contributed by atoms with Gasteiger partial charge in [0, 0.05) is 28.9 Å². The number of hydrogen-bond donors (Lipinski definition) is 1. The van der Waals surface area contributed by atoms with Crippen LogP contribution in [0.5, 0.6) is 0 Å². The summed E-state index contributed by atoms with van der Waals surface area (Å²) in [5, 5.41) is 1.00. The molecule has 0 atom stereocenters. The third-order valence-electron chi connectivity index (χ3n) is 5.12. The second-order valence-corrected chi connectivity index (χ2v) is 7.04. The number of carbonyl (C=O) groups excluding carboxylic acids is 1. The molecule has 7 heteroatoms. The van der Waals surface area contributed by atoms with Gasteiger partial charge in [0.2, 0.25) is 0 Å². The van der Waals surface area contributed by atoms with E-state index < -0.39 is 0 Å². The average molecular weight is 397 g/mol. The van der Waals surface area contributed by atoms with Crippen molar-refractivity contribution in [3.05, 3.63) is 78.0 Å². The van der Waals surface area contributed by atoms with Crippen LogP contribution in [0.1, 0.15) is 16.1 Å². The zero-order chi connectivity index (χ0) is 20.8. The lowest BCUT2D eigenvalue weighted by atomic mass is 10.0. The third kappa shape index (κ3) is 2.79. The minimum atomic E-state index is -0.340. The van der Waals surface area contributed by atoms with Gasteiger partial charge in [-0.25, -0.2) is 14.4 Å². The molecular weight excluding hydrogens is 381 g/mol. The number of fused-ring (bicyclic) bond motifs is 2. The van der Waals surface area contributed by atoms with Crippen LogP contribution in [0.15, 0.2) is 60.9 Å². The monoisotopic (exact) mass is 397 g/mol. The summed E-state index contributed by atoms with van der Waals surface area (Å²) in [4.78, 5) is 24.6. The molecule has 0 radical (unpaired) electrons. The number of nitrogen functional groups attached to an aromatic ring is 1. The molecule has 3 heterocycles. The van der Waals surface area contributed by atoms with Gasteiger partial charge in [0.15, 0.2) is 17.8 Å². The molecule has 0 aliphatic carbocycles. The van der Waals surface area contributed by atoms with Gasteiger partial charge in [-0.1, -0.05) is 6.07 Å². The average Bonchev–Trinajstić information content (AvgIpc) is 3.19. The molecule has 0 saturated carbocycles. The number of aryl methyl sites for hydroxylation is 1. The summed E-state index contributed by atoms with van der Waals surface area (Å²) < 4.78 is 15.3. The van der Waals surface area contributed by atoms with Crippen LogP contribution >= 0.6 is 0 Å². The predicted octanol–water partition coefficient (Wildman–Crippen LogP) is 4.45. The number of rotatable bonds is 3. The van der Waals surface area contributed by atoms with E-state index >= 15 is 0 Å². The molecular formula is C23H16FN5O. The molecule has 5 aromatic rings. The molecule has 0 amide bonds. The lowest BCUT2D eigenvalue weighted by Gasteiger charge is -2.14. The molecule has 0 spiro atoms. The summed E-state index contributed by atoms with van der Waals surface area (Å²) in [7, 11) is 0. The Morgan fingerprint density at radius 2 is 1.80 bits per heavy atom. The van der Waals surface area contributed by atoms with Gasteiger partial charge in [-0.3, -0.25) is 14.2 Å². The number of nitrogens with two attached hydrogens (primary N) is 1. The van der Waals surface area contributed by atoms with E-state index in [9.17, 15) is 9.18 Å². The second-order valence-electron chi connectivity index (χ2n) is 7.04. The van der Waals surface area contributed by atoms with Crippen molar-refractivity contribution in [2.24, 2.45) is 0 Å². The number of hydrogen-bond acceptors (Lipinski definition) is 5. The van der Waals surface area contributed by atoms with Gasteiger partial charge in [-0.05, 0) is 55.0 Å². The fraction of sp³-hybridized carbons (Fsp3) is 0.0435. The smallest absolute Gasteiger partial charge is 0.181 e. The molecule has 0 bridgehead atoms. The van der Waals surface area contributed by atoms with Crippen molar-refractivity contribution < 1.29 is 9.18 Å². The van der Waals surface area contributed by atoms with E-state index in [-0.39, 0.29) is 17.3 Å². The van der Waals surface area contributed by atoms with Gasteiger partial charge < -0.3 is 5.73 Å². The summed E-state index contributed by atoms with van der Waals surface area (Å²) in [6.07, 6.45) is 4.07. The maximum Gasteiger partial charge on any atom is 0.181 e. The number of imidazole rings is 1. The number of anilines is 1. The third-order valence-corrected chi connectivity index (χ3v) is 5.12. The minimum absolute atomic E-state index is 0.185. The molecule has 2 aromatic carbocycles. The first kappa shape index (κ1) is 17.9. The SMILES string of the molecule is Cc1ccnc2ccc(-c3c(-c4ccc(F)cc4)nc(N)c4nc(C=O)cn34)cc12. The molecule has 0 aliphatic heterocycles. The van der Waals surface area contributed by atoms with Gasteiger partial charge in [0.05, 0.1) is 16.9 Å². The Morgan fingerprint density at radius 1 is 1.03 bits per heavy atom. The summed E-state index contributed by atoms with van der Waals surface area (Å²) in [5.41, 5.74) is 11.6. The molecule has 0 aliphatic rings. The summed E-state index contributed by atoms with van der Waals surface area (Å²) in [6.45, 7) is 2.02. The summed E-state index contributed by atoms with van der Waals surface area (Å²) in [6, 6.07) is 13.9. The van der Waals surface area contributed by atoms with Crippen LogP contribution in [0.2, 0.25) is 0 Å². The molecule has 2 N–H and O–H groups in total. The Kier molecular flexibility index (Phi) is 4.03. The Labute approximate surface area is 170 Å². The van der Waals surface area contributed by atoms with E-state index in [1.165, 1.54) is 12.1 Å². The highest BCUT2D eigenvalue weighted by Crippen LogP contribution is 2.35. The van der Waals surface area contributed by atoms with Crippen molar-refractivity contribution in [3.8, 4) is 22.5 Å². The van der Waals surface area contributed by atoms with Crippen LogP contribution in [0.25, 0.3) is 39.1 Å². The lowest BCUT2D eigenvalue weighted by molar-refractivity contribution is 0.111. The van der Waals surface area contributed by atoms with Crippen LogP contribution in [-0.4, -0.2) is 25.6 Å². The topological polar surface area (TPSA) is 86.2 Å². The summed E-state index contributed by atoms with van der Waals surface area (Å²) >= 11 is 0. The Bertz CT molecular complexity index is 1440. The van der Waals surface area contributed by atoms with E-state index in [4.69, 9.17) is 5.73 Å². The number of halogens is 1. The molecule has 0 unspecified atom stereocenters. The van der Waals surface area contributed by atoms with Crippen LogP contribution in [0, 0.1) is 12.7 Å². The fourth-order valence-electron chi connectivity index (χ4n) is 3.66. The van der Waals surface area contributed by atoms with Crippen LogP contribution in [0.4, 0.5) is 10.2 Å². The maximum atomic E-state index is 13.5. The highest BCUT2D eigenvalue weighted by atomic mass is 19.1. The number of aromatic nitrogens is 4. The van der Waals surface area contributed by atoms with E-state index in [1.54, 1.807) is 28.9 Å². The van der Waals surface area contributed by atoms with E-state index in [0.29, 0.717) is 28.9 Å². The van der Waals surface area contributed by atoms with Gasteiger partial charge in [-0.15, -0.1) is 0 Å². The van der Waals surface area contributed by atoms with Gasteiger partial charge >= 0.3 is 0 Å². The minimum Gasteiger partial charge on any atom is -0.381 e. The van der Waals surface area contributed by atoms with Crippen LogP contribution in [-0.2, 0) is 0 Å². The number of carbonyl (C=O) groups is 1.